The van der Waals surface area contributed by atoms with Gasteiger partial charge in [-0.1, -0.05) is 12.1 Å². The molecule has 0 amide bonds. The number of hydrogen-bond acceptors (Lipinski definition) is 4. The summed E-state index contributed by atoms with van der Waals surface area (Å²) < 4.78 is 33.5. The molecule has 2 N–H and O–H groups in total. The third-order valence-electron chi connectivity index (χ3n) is 3.91. The maximum atomic E-state index is 12.8. The Morgan fingerprint density at radius 1 is 1.12 bits per heavy atom. The lowest BCUT2D eigenvalue weighted by Crippen LogP contribution is -2.14. The van der Waals surface area contributed by atoms with Crippen LogP contribution in [0.4, 0.5) is 5.69 Å². The first kappa shape index (κ1) is 17.0. The second-order valence-corrected chi connectivity index (χ2v) is 7.39. The Bertz CT molecular complexity index is 996. The minimum absolute atomic E-state index is 0.234. The van der Waals surface area contributed by atoms with Crippen molar-refractivity contribution >= 4 is 15.7 Å². The third kappa shape index (κ3) is 3.51. The number of aryl methyl sites for hydroxylation is 2. The number of aromatic nitrogens is 2. The normalized spacial score (nSPS) is 11.3. The van der Waals surface area contributed by atoms with E-state index in [4.69, 9.17) is 4.74 Å². The van der Waals surface area contributed by atoms with Crippen molar-refractivity contribution in [2.45, 2.75) is 18.7 Å². The summed E-state index contributed by atoms with van der Waals surface area (Å²) in [5.74, 6) is 0.665. The molecule has 2 aromatic carbocycles. The Morgan fingerprint density at radius 3 is 2.60 bits per heavy atom. The van der Waals surface area contributed by atoms with E-state index in [0.29, 0.717) is 17.0 Å². The van der Waals surface area contributed by atoms with E-state index in [1.807, 2.05) is 13.0 Å². The average Bonchev–Trinajstić information content (AvgIpc) is 3.11. The summed E-state index contributed by atoms with van der Waals surface area (Å²) in [6.45, 7) is 3.56. The molecule has 0 atom stereocenters. The Balaban J connectivity index is 1.95. The number of anilines is 1. The number of nitrogens with one attached hydrogen (secondary N) is 2. The number of hydrogen-bond donors (Lipinski definition) is 2. The van der Waals surface area contributed by atoms with Crippen LogP contribution in [0.15, 0.2) is 53.8 Å². The van der Waals surface area contributed by atoms with Crippen molar-refractivity contribution in [3.8, 4) is 17.0 Å². The van der Waals surface area contributed by atoms with Crippen molar-refractivity contribution < 1.29 is 13.2 Å². The summed E-state index contributed by atoms with van der Waals surface area (Å²) in [6.07, 6.45) is 3.26. The third-order valence-corrected chi connectivity index (χ3v) is 5.43. The molecule has 130 valence electrons. The summed E-state index contributed by atoms with van der Waals surface area (Å²) in [5.41, 5.74) is 3.54. The molecule has 0 fully saturated rings. The van der Waals surface area contributed by atoms with E-state index in [0.717, 1.165) is 16.8 Å². The van der Waals surface area contributed by atoms with Gasteiger partial charge in [0.05, 0.1) is 30.2 Å². The first-order chi connectivity index (χ1) is 11.9. The van der Waals surface area contributed by atoms with E-state index in [2.05, 4.69) is 14.7 Å². The fourth-order valence-electron chi connectivity index (χ4n) is 2.65. The summed E-state index contributed by atoms with van der Waals surface area (Å²) >= 11 is 0. The van der Waals surface area contributed by atoms with E-state index in [1.165, 1.54) is 0 Å². The zero-order chi connectivity index (χ0) is 18.0. The standard InChI is InChI=1S/C18H19N3O3S/c1-12-8-18(13(2)7-17(12)24-3)25(22,23)21-15-6-4-5-14(9-15)16-10-19-11-20-16/h4-11,21H,1-3H3,(H,19,20). The molecule has 25 heavy (non-hydrogen) atoms. The highest BCUT2D eigenvalue weighted by molar-refractivity contribution is 7.92. The molecule has 0 aliphatic heterocycles. The number of H-pyrrole nitrogens is 1. The van der Waals surface area contributed by atoms with Crippen LogP contribution in [-0.2, 0) is 10.0 Å². The highest BCUT2D eigenvalue weighted by atomic mass is 32.2. The van der Waals surface area contributed by atoms with E-state index in [-0.39, 0.29) is 4.90 Å². The molecule has 0 aliphatic carbocycles. The molecule has 0 bridgehead atoms. The molecule has 0 spiro atoms. The Hall–Kier alpha value is -2.80. The van der Waals surface area contributed by atoms with E-state index in [9.17, 15) is 8.42 Å². The van der Waals surface area contributed by atoms with Crippen LogP contribution in [0.3, 0.4) is 0 Å². The van der Waals surface area contributed by atoms with Crippen LogP contribution < -0.4 is 9.46 Å². The smallest absolute Gasteiger partial charge is 0.262 e. The SMILES string of the molecule is COc1cc(C)c(S(=O)(=O)Nc2cccc(-c3cnc[nH]3)c2)cc1C. The van der Waals surface area contributed by atoms with Gasteiger partial charge in [-0.15, -0.1) is 0 Å². The fourth-order valence-corrected chi connectivity index (χ4v) is 4.01. The minimum atomic E-state index is -3.71. The van der Waals surface area contributed by atoms with Crippen LogP contribution in [0.5, 0.6) is 5.75 Å². The van der Waals surface area contributed by atoms with Crippen LogP contribution in [-0.4, -0.2) is 25.5 Å². The topological polar surface area (TPSA) is 84.1 Å². The molecule has 0 radical (unpaired) electrons. The van der Waals surface area contributed by atoms with E-state index in [1.54, 1.807) is 56.9 Å². The van der Waals surface area contributed by atoms with Gasteiger partial charge in [-0.25, -0.2) is 13.4 Å². The number of methoxy groups -OCH3 is 1. The number of imidazole rings is 1. The summed E-state index contributed by atoms with van der Waals surface area (Å²) in [6, 6.07) is 10.5. The van der Waals surface area contributed by atoms with Gasteiger partial charge in [0.25, 0.3) is 10.0 Å². The number of nitrogens with zero attached hydrogens (tertiary/aromatic N) is 1. The van der Waals surface area contributed by atoms with Crippen molar-refractivity contribution in [2.24, 2.45) is 0 Å². The molecule has 0 saturated carbocycles. The summed E-state index contributed by atoms with van der Waals surface area (Å²) in [5, 5.41) is 0. The number of benzene rings is 2. The lowest BCUT2D eigenvalue weighted by atomic mass is 10.1. The van der Waals surface area contributed by atoms with E-state index < -0.39 is 10.0 Å². The molecule has 7 heteroatoms. The van der Waals surface area contributed by atoms with Crippen molar-refractivity contribution in [3.63, 3.8) is 0 Å². The van der Waals surface area contributed by atoms with Gasteiger partial charge >= 0.3 is 0 Å². The van der Waals surface area contributed by atoms with Crippen molar-refractivity contribution in [2.75, 3.05) is 11.8 Å². The summed E-state index contributed by atoms with van der Waals surface area (Å²) in [7, 11) is -2.14. The zero-order valence-electron chi connectivity index (χ0n) is 14.2. The van der Waals surface area contributed by atoms with Crippen molar-refractivity contribution in [3.05, 3.63) is 60.0 Å². The highest BCUT2D eigenvalue weighted by Crippen LogP contribution is 2.28. The summed E-state index contributed by atoms with van der Waals surface area (Å²) in [4.78, 5) is 7.22. The zero-order valence-corrected chi connectivity index (χ0v) is 15.0. The molecule has 0 aliphatic rings. The monoisotopic (exact) mass is 357 g/mol. The molecule has 3 aromatic rings. The Labute approximate surface area is 146 Å². The largest absolute Gasteiger partial charge is 0.496 e. The molecule has 0 unspecified atom stereocenters. The Kier molecular flexibility index (Phi) is 4.50. The number of sulfonamides is 1. The van der Waals surface area contributed by atoms with Gasteiger partial charge in [0.2, 0.25) is 0 Å². The quantitative estimate of drug-likeness (QED) is 0.732. The molecular formula is C18H19N3O3S. The first-order valence-electron chi connectivity index (χ1n) is 7.67. The molecule has 1 aromatic heterocycles. The average molecular weight is 357 g/mol. The fraction of sp³-hybridized carbons (Fsp3) is 0.167. The number of aromatic amines is 1. The van der Waals surface area contributed by atoms with Crippen LogP contribution in [0, 0.1) is 13.8 Å². The maximum absolute atomic E-state index is 12.8. The second-order valence-electron chi connectivity index (χ2n) is 5.74. The molecule has 3 rings (SSSR count). The lowest BCUT2D eigenvalue weighted by Gasteiger charge is -2.14. The van der Waals surface area contributed by atoms with Crippen LogP contribution in [0.25, 0.3) is 11.3 Å². The van der Waals surface area contributed by atoms with Gasteiger partial charge in [-0.2, -0.15) is 0 Å². The highest BCUT2D eigenvalue weighted by Gasteiger charge is 2.19. The van der Waals surface area contributed by atoms with Crippen LogP contribution >= 0.6 is 0 Å². The van der Waals surface area contributed by atoms with Crippen molar-refractivity contribution in [1.82, 2.24) is 9.97 Å². The van der Waals surface area contributed by atoms with Crippen molar-refractivity contribution in [1.29, 1.82) is 0 Å². The minimum Gasteiger partial charge on any atom is -0.496 e. The van der Waals surface area contributed by atoms with Gasteiger partial charge in [0, 0.05) is 11.3 Å². The van der Waals surface area contributed by atoms with Gasteiger partial charge < -0.3 is 9.72 Å². The molecule has 1 heterocycles. The predicted molar refractivity (Wildman–Crippen MR) is 97.3 cm³/mol. The van der Waals surface area contributed by atoms with Gasteiger partial charge in [0.15, 0.2) is 0 Å². The van der Waals surface area contributed by atoms with Crippen LogP contribution in [0.1, 0.15) is 11.1 Å². The molecule has 6 nitrogen and oxygen atoms in total. The van der Waals surface area contributed by atoms with Gasteiger partial charge in [-0.05, 0) is 49.2 Å². The molecule has 0 saturated heterocycles. The second kappa shape index (κ2) is 6.60. The van der Waals surface area contributed by atoms with E-state index >= 15 is 0 Å². The maximum Gasteiger partial charge on any atom is 0.262 e. The molecular weight excluding hydrogens is 338 g/mol. The van der Waals surface area contributed by atoms with Crippen LogP contribution in [0.2, 0.25) is 0 Å². The predicted octanol–water partition coefficient (Wildman–Crippen LogP) is 3.50. The van der Waals surface area contributed by atoms with Gasteiger partial charge in [0.1, 0.15) is 5.75 Å². The first-order valence-corrected chi connectivity index (χ1v) is 9.16. The number of ether oxygens (including phenoxy) is 1. The van der Waals surface area contributed by atoms with Gasteiger partial charge in [-0.3, -0.25) is 4.72 Å². The lowest BCUT2D eigenvalue weighted by molar-refractivity contribution is 0.411. The number of rotatable bonds is 5. The Morgan fingerprint density at radius 2 is 1.92 bits per heavy atom.